The van der Waals surface area contributed by atoms with Crippen molar-refractivity contribution < 1.29 is 20.1 Å². The molecule has 0 saturated carbocycles. The van der Waals surface area contributed by atoms with Gasteiger partial charge in [0, 0.05) is 24.9 Å². The van der Waals surface area contributed by atoms with Gasteiger partial charge in [-0.1, -0.05) is 0 Å². The van der Waals surface area contributed by atoms with Gasteiger partial charge in [-0.15, -0.1) is 0 Å². The van der Waals surface area contributed by atoms with E-state index in [2.05, 4.69) is 26.9 Å². The van der Waals surface area contributed by atoms with Crippen LogP contribution >= 0.6 is 0 Å². The number of anilines is 1. The molecule has 5 N–H and O–H groups in total. The number of aliphatic hydroxyl groups excluding tert-OH is 3. The summed E-state index contributed by atoms with van der Waals surface area (Å²) in [6, 6.07) is 0.216. The molecule has 1 saturated heterocycles. The molecule has 0 radical (unpaired) electrons. The molecule has 1 fully saturated rings. The maximum Gasteiger partial charge on any atom is 0.167 e. The summed E-state index contributed by atoms with van der Waals surface area (Å²) in [4.78, 5) is 17.2. The van der Waals surface area contributed by atoms with Crippen molar-refractivity contribution in [3.8, 4) is 0 Å². The zero-order chi connectivity index (χ0) is 19.8. The maximum absolute atomic E-state index is 10.3. The number of aliphatic hydroxyl groups is 3. The minimum Gasteiger partial charge on any atom is -0.394 e. The average molecular weight is 389 g/mol. The van der Waals surface area contributed by atoms with Gasteiger partial charge >= 0.3 is 0 Å². The average Bonchev–Trinajstić information content (AvgIpc) is 3.41. The van der Waals surface area contributed by atoms with Crippen LogP contribution in [0.15, 0.2) is 25.0 Å². The van der Waals surface area contributed by atoms with Crippen LogP contribution in [0.2, 0.25) is 0 Å². The molecule has 1 aliphatic rings. The summed E-state index contributed by atoms with van der Waals surface area (Å²) < 4.78 is 9.09. The van der Waals surface area contributed by atoms with Gasteiger partial charge in [-0.25, -0.2) is 19.9 Å². The molecule has 3 aromatic rings. The van der Waals surface area contributed by atoms with Gasteiger partial charge in [0.2, 0.25) is 0 Å². The zero-order valence-electron chi connectivity index (χ0n) is 15.3. The molecule has 0 spiro atoms. The molecular weight excluding hydrogens is 366 g/mol. The summed E-state index contributed by atoms with van der Waals surface area (Å²) in [5, 5.41) is 29.6. The smallest absolute Gasteiger partial charge is 0.167 e. The van der Waals surface area contributed by atoms with Gasteiger partial charge in [-0.05, 0) is 13.3 Å². The Labute approximate surface area is 160 Å². The maximum atomic E-state index is 10.3. The van der Waals surface area contributed by atoms with E-state index in [-0.39, 0.29) is 11.9 Å². The predicted octanol–water partition coefficient (Wildman–Crippen LogP) is -0.590. The lowest BCUT2D eigenvalue weighted by Crippen LogP contribution is -2.33. The fourth-order valence-electron chi connectivity index (χ4n) is 3.41. The fourth-order valence-corrected chi connectivity index (χ4v) is 3.41. The molecule has 0 bridgehead atoms. The second-order valence-corrected chi connectivity index (χ2v) is 6.98. The second kappa shape index (κ2) is 7.43. The fraction of sp³-hybridized carbons (Fsp3) is 0.529. The number of ether oxygens (including phenoxy) is 1. The molecule has 0 amide bonds. The van der Waals surface area contributed by atoms with Crippen LogP contribution < -0.4 is 5.73 Å². The van der Waals surface area contributed by atoms with Crippen molar-refractivity contribution in [2.24, 2.45) is 0 Å². The third-order valence-electron chi connectivity index (χ3n) is 5.11. The molecule has 4 rings (SSSR count). The Bertz CT molecular complexity index is 945. The summed E-state index contributed by atoms with van der Waals surface area (Å²) in [5.41, 5.74) is 6.85. The van der Waals surface area contributed by atoms with Crippen molar-refractivity contribution in [2.75, 3.05) is 12.3 Å². The quantitative estimate of drug-likeness (QED) is 0.432. The molecule has 0 aromatic carbocycles. The van der Waals surface area contributed by atoms with Gasteiger partial charge < -0.3 is 30.4 Å². The Hall–Kier alpha value is -2.60. The lowest BCUT2D eigenvalue weighted by molar-refractivity contribution is -0.0511. The van der Waals surface area contributed by atoms with Crippen LogP contribution in [-0.4, -0.2) is 69.3 Å². The minimum absolute atomic E-state index is 0.216. The van der Waals surface area contributed by atoms with Crippen molar-refractivity contribution in [3.05, 3.63) is 30.9 Å². The third-order valence-corrected chi connectivity index (χ3v) is 5.11. The number of fused-ring (bicyclic) bond motifs is 1. The normalized spacial score (nSPS) is 26.1. The van der Waals surface area contributed by atoms with E-state index in [9.17, 15) is 15.3 Å². The first-order valence-corrected chi connectivity index (χ1v) is 9.08. The number of nitrogen functional groups attached to an aromatic ring is 1. The van der Waals surface area contributed by atoms with Gasteiger partial charge in [-0.2, -0.15) is 0 Å². The summed E-state index contributed by atoms with van der Waals surface area (Å²) in [7, 11) is 0. The first-order chi connectivity index (χ1) is 13.5. The molecule has 4 heterocycles. The van der Waals surface area contributed by atoms with E-state index in [1.807, 2.05) is 10.8 Å². The molecule has 1 aliphatic heterocycles. The first kappa shape index (κ1) is 18.7. The Morgan fingerprint density at radius 2 is 2.07 bits per heavy atom. The Morgan fingerprint density at radius 1 is 1.25 bits per heavy atom. The van der Waals surface area contributed by atoms with Crippen molar-refractivity contribution in [1.82, 2.24) is 29.1 Å². The zero-order valence-corrected chi connectivity index (χ0v) is 15.3. The topological polar surface area (TPSA) is 157 Å². The van der Waals surface area contributed by atoms with Gasteiger partial charge in [0.25, 0.3) is 0 Å². The molecule has 3 aromatic heterocycles. The summed E-state index contributed by atoms with van der Waals surface area (Å²) in [6.07, 6.45) is 3.96. The van der Waals surface area contributed by atoms with Crippen LogP contribution in [-0.2, 0) is 11.2 Å². The number of imidazole rings is 2. The molecule has 5 atom stereocenters. The van der Waals surface area contributed by atoms with Crippen molar-refractivity contribution >= 4 is 17.0 Å². The Morgan fingerprint density at radius 3 is 2.75 bits per heavy atom. The third kappa shape index (κ3) is 3.22. The first-order valence-electron chi connectivity index (χ1n) is 9.08. The SMILES string of the molecule is CC(CCc1nc(N)c2ncn([C@@H]3O[C@H](CO)C(O)C3O)c2n1)n1ccnc1. The lowest BCUT2D eigenvalue weighted by atomic mass is 10.1. The number of nitrogens with two attached hydrogens (primary N) is 1. The van der Waals surface area contributed by atoms with Crippen molar-refractivity contribution in [3.63, 3.8) is 0 Å². The van der Waals surface area contributed by atoms with E-state index in [0.717, 1.165) is 6.42 Å². The van der Waals surface area contributed by atoms with E-state index >= 15 is 0 Å². The van der Waals surface area contributed by atoms with Crippen LogP contribution in [0.3, 0.4) is 0 Å². The van der Waals surface area contributed by atoms with Gasteiger partial charge in [0.05, 0.1) is 19.3 Å². The molecule has 11 nitrogen and oxygen atoms in total. The number of aryl methyl sites for hydroxylation is 1. The highest BCUT2D eigenvalue weighted by atomic mass is 16.6. The van der Waals surface area contributed by atoms with Gasteiger partial charge in [0.1, 0.15) is 29.7 Å². The van der Waals surface area contributed by atoms with Crippen molar-refractivity contribution in [2.45, 2.75) is 50.3 Å². The minimum atomic E-state index is -1.23. The van der Waals surface area contributed by atoms with Crippen LogP contribution in [0, 0.1) is 0 Å². The van der Waals surface area contributed by atoms with E-state index in [0.29, 0.717) is 23.4 Å². The second-order valence-electron chi connectivity index (χ2n) is 6.98. The van der Waals surface area contributed by atoms with E-state index < -0.39 is 31.1 Å². The summed E-state index contributed by atoms with van der Waals surface area (Å²) in [5.74, 6) is 0.784. The predicted molar refractivity (Wildman–Crippen MR) is 98.0 cm³/mol. The number of rotatable bonds is 6. The number of hydrogen-bond acceptors (Lipinski definition) is 9. The van der Waals surface area contributed by atoms with Gasteiger partial charge in [0.15, 0.2) is 17.7 Å². The Balaban J connectivity index is 1.60. The van der Waals surface area contributed by atoms with Crippen molar-refractivity contribution in [1.29, 1.82) is 0 Å². The van der Waals surface area contributed by atoms with Crippen LogP contribution in [0.25, 0.3) is 11.2 Å². The Kier molecular flexibility index (Phi) is 4.98. The van der Waals surface area contributed by atoms with Crippen LogP contribution in [0.1, 0.15) is 31.4 Å². The molecular formula is C17H23N7O4. The molecule has 11 heteroatoms. The number of aromatic nitrogens is 6. The monoisotopic (exact) mass is 389 g/mol. The summed E-state index contributed by atoms with van der Waals surface area (Å²) in [6.45, 7) is 1.67. The highest BCUT2D eigenvalue weighted by Crippen LogP contribution is 2.32. The lowest BCUT2D eigenvalue weighted by Gasteiger charge is -2.17. The number of nitrogens with zero attached hydrogens (tertiary/aromatic N) is 6. The molecule has 3 unspecified atom stereocenters. The van der Waals surface area contributed by atoms with Crippen LogP contribution in [0.4, 0.5) is 5.82 Å². The summed E-state index contributed by atoms with van der Waals surface area (Å²) >= 11 is 0. The highest BCUT2D eigenvalue weighted by Gasteiger charge is 2.44. The highest BCUT2D eigenvalue weighted by molar-refractivity contribution is 5.81. The van der Waals surface area contributed by atoms with E-state index in [4.69, 9.17) is 10.5 Å². The largest absolute Gasteiger partial charge is 0.394 e. The van der Waals surface area contributed by atoms with Gasteiger partial charge in [-0.3, -0.25) is 4.57 Å². The molecule has 0 aliphatic carbocycles. The standard InChI is InChI=1S/C17H23N7O4/c1-9(23-5-4-19-7-23)2-3-11-21-15(18)12-16(22-11)24(8-20-12)17-14(27)13(26)10(6-25)28-17/h4-5,7-10,13-14,17,25-27H,2-3,6H2,1H3,(H2,18,21,22)/t9?,10-,13?,14?,17-/m1/s1. The van der Waals surface area contributed by atoms with Crippen LogP contribution in [0.5, 0.6) is 0 Å². The van der Waals surface area contributed by atoms with E-state index in [1.54, 1.807) is 12.5 Å². The number of hydrogen-bond donors (Lipinski definition) is 4. The van der Waals surface area contributed by atoms with E-state index in [1.165, 1.54) is 10.9 Å². The molecule has 150 valence electrons. The molecule has 28 heavy (non-hydrogen) atoms.